The summed E-state index contributed by atoms with van der Waals surface area (Å²) in [5, 5.41) is 3.76. The molecule has 4 fully saturated rings. The minimum Gasteiger partial charge on any atom is -0.489 e. The number of amides is 1. The van der Waals surface area contributed by atoms with E-state index < -0.39 is 0 Å². The van der Waals surface area contributed by atoms with Crippen molar-refractivity contribution >= 4 is 17.5 Å². The Morgan fingerprint density at radius 1 is 1.11 bits per heavy atom. The van der Waals surface area contributed by atoms with Crippen molar-refractivity contribution in [2.75, 3.05) is 13.2 Å². The smallest absolute Gasteiger partial charge is 0.251 e. The quantitative estimate of drug-likeness (QED) is 0.804. The maximum atomic E-state index is 13.0. The lowest BCUT2D eigenvalue weighted by Crippen LogP contribution is -2.55. The van der Waals surface area contributed by atoms with Crippen LogP contribution in [0.1, 0.15) is 62.2 Å². The van der Waals surface area contributed by atoms with Gasteiger partial charge in [0.1, 0.15) is 0 Å². The van der Waals surface area contributed by atoms with Crippen LogP contribution in [0, 0.1) is 23.2 Å². The molecule has 0 saturated heterocycles. The molecule has 6 rings (SSSR count). The molecule has 1 aromatic rings. The predicted molar refractivity (Wildman–Crippen MR) is 105 cm³/mol. The molecule has 27 heavy (non-hydrogen) atoms. The molecule has 5 aliphatic rings. The highest BCUT2D eigenvalue weighted by atomic mass is 35.5. The standard InChI is InChI=1S/C22H28ClNO3/c1-13(22-10-14-5-15(11-22)7-16(6-14)12-22)24-21(25)17-8-18(23)20-19(9-17)26-3-2-4-27-20/h8-9,13-16H,2-7,10-12H2,1H3,(H,24,25)/t13-,14?,15?,16?,22?/m1/s1. The van der Waals surface area contributed by atoms with Gasteiger partial charge in [0.25, 0.3) is 5.91 Å². The van der Waals surface area contributed by atoms with Gasteiger partial charge in [-0.2, -0.15) is 0 Å². The Balaban J connectivity index is 1.35. The van der Waals surface area contributed by atoms with Crippen molar-refractivity contribution in [3.63, 3.8) is 0 Å². The van der Waals surface area contributed by atoms with Crippen LogP contribution in [0.4, 0.5) is 0 Å². The van der Waals surface area contributed by atoms with Crippen LogP contribution in [-0.2, 0) is 0 Å². The van der Waals surface area contributed by atoms with E-state index in [0.29, 0.717) is 40.7 Å². The van der Waals surface area contributed by atoms with E-state index in [1.807, 2.05) is 0 Å². The van der Waals surface area contributed by atoms with Crippen LogP contribution in [0.3, 0.4) is 0 Å². The minimum absolute atomic E-state index is 0.0595. The van der Waals surface area contributed by atoms with E-state index in [-0.39, 0.29) is 11.9 Å². The summed E-state index contributed by atoms with van der Waals surface area (Å²) in [5.41, 5.74) is 0.847. The van der Waals surface area contributed by atoms with Gasteiger partial charge in [-0.25, -0.2) is 0 Å². The van der Waals surface area contributed by atoms with Crippen LogP contribution in [0.15, 0.2) is 12.1 Å². The fourth-order valence-corrected chi connectivity index (χ4v) is 6.77. The van der Waals surface area contributed by atoms with Gasteiger partial charge in [0.2, 0.25) is 0 Å². The Morgan fingerprint density at radius 2 is 1.74 bits per heavy atom. The van der Waals surface area contributed by atoms with Gasteiger partial charge in [-0.1, -0.05) is 11.6 Å². The van der Waals surface area contributed by atoms with Gasteiger partial charge < -0.3 is 14.8 Å². The van der Waals surface area contributed by atoms with Crippen molar-refractivity contribution < 1.29 is 14.3 Å². The number of nitrogens with one attached hydrogen (secondary N) is 1. The summed E-state index contributed by atoms with van der Waals surface area (Å²) in [6, 6.07) is 3.67. The highest BCUT2D eigenvalue weighted by Crippen LogP contribution is 2.61. The number of hydrogen-bond donors (Lipinski definition) is 1. The fourth-order valence-electron chi connectivity index (χ4n) is 6.50. The van der Waals surface area contributed by atoms with Gasteiger partial charge in [0, 0.05) is 18.0 Å². The van der Waals surface area contributed by atoms with E-state index >= 15 is 0 Å². The third-order valence-electron chi connectivity index (χ3n) is 7.42. The molecule has 146 valence electrons. The van der Waals surface area contributed by atoms with E-state index in [2.05, 4.69) is 12.2 Å². The SMILES string of the molecule is C[C@@H](NC(=O)c1cc(Cl)c2c(c1)OCCCO2)C12CC3CC(CC(C3)C1)C2. The molecule has 4 saturated carbocycles. The minimum atomic E-state index is -0.0595. The zero-order valence-electron chi connectivity index (χ0n) is 15.9. The first-order valence-electron chi connectivity index (χ1n) is 10.4. The van der Waals surface area contributed by atoms with Crippen molar-refractivity contribution in [3.05, 3.63) is 22.7 Å². The number of benzene rings is 1. The number of fused-ring (bicyclic) bond motifs is 1. The first-order valence-corrected chi connectivity index (χ1v) is 10.8. The molecule has 1 amide bonds. The van der Waals surface area contributed by atoms with Crippen LogP contribution in [0.25, 0.3) is 0 Å². The summed E-state index contributed by atoms with van der Waals surface area (Å²) in [6.07, 6.45) is 8.90. The summed E-state index contributed by atoms with van der Waals surface area (Å²) in [5.74, 6) is 3.71. The Labute approximate surface area is 165 Å². The molecule has 0 aromatic heterocycles. The van der Waals surface area contributed by atoms with Crippen molar-refractivity contribution in [1.82, 2.24) is 5.32 Å². The summed E-state index contributed by atoms with van der Waals surface area (Å²) >= 11 is 6.37. The van der Waals surface area contributed by atoms with Gasteiger partial charge in [0.15, 0.2) is 11.5 Å². The van der Waals surface area contributed by atoms with E-state index in [4.69, 9.17) is 21.1 Å². The molecule has 1 N–H and O–H groups in total. The van der Waals surface area contributed by atoms with Gasteiger partial charge in [-0.3, -0.25) is 4.79 Å². The zero-order chi connectivity index (χ0) is 18.6. The van der Waals surface area contributed by atoms with Gasteiger partial charge in [-0.05, 0) is 80.8 Å². The highest BCUT2D eigenvalue weighted by Gasteiger charge is 2.53. The van der Waals surface area contributed by atoms with Gasteiger partial charge >= 0.3 is 0 Å². The van der Waals surface area contributed by atoms with Crippen molar-refractivity contribution in [3.8, 4) is 11.5 Å². The van der Waals surface area contributed by atoms with Crippen LogP contribution >= 0.6 is 11.6 Å². The molecule has 4 aliphatic carbocycles. The maximum absolute atomic E-state index is 13.0. The molecule has 5 heteroatoms. The molecular weight excluding hydrogens is 362 g/mol. The largest absolute Gasteiger partial charge is 0.489 e. The normalized spacial score (nSPS) is 34.8. The van der Waals surface area contributed by atoms with Crippen LogP contribution in [0.2, 0.25) is 5.02 Å². The number of hydrogen-bond acceptors (Lipinski definition) is 3. The summed E-state index contributed by atoms with van der Waals surface area (Å²) in [6.45, 7) is 3.37. The molecule has 0 spiro atoms. The van der Waals surface area contributed by atoms with Gasteiger partial charge in [-0.15, -0.1) is 0 Å². The average molecular weight is 390 g/mol. The van der Waals surface area contributed by atoms with Gasteiger partial charge in [0.05, 0.1) is 18.2 Å². The predicted octanol–water partition coefficient (Wildman–Crippen LogP) is 4.84. The lowest BCUT2D eigenvalue weighted by atomic mass is 9.48. The number of rotatable bonds is 3. The first kappa shape index (κ1) is 17.7. The van der Waals surface area contributed by atoms with E-state index in [0.717, 1.165) is 24.2 Å². The van der Waals surface area contributed by atoms with Crippen LogP contribution < -0.4 is 14.8 Å². The second kappa shape index (κ2) is 6.58. The third-order valence-corrected chi connectivity index (χ3v) is 7.70. The Kier molecular flexibility index (Phi) is 4.30. The number of halogens is 1. The fraction of sp³-hybridized carbons (Fsp3) is 0.682. The Hall–Kier alpha value is -1.42. The maximum Gasteiger partial charge on any atom is 0.251 e. The van der Waals surface area contributed by atoms with Crippen LogP contribution in [-0.4, -0.2) is 25.2 Å². The zero-order valence-corrected chi connectivity index (χ0v) is 16.7. The monoisotopic (exact) mass is 389 g/mol. The molecular formula is C22H28ClNO3. The number of ether oxygens (including phenoxy) is 2. The van der Waals surface area contributed by atoms with E-state index in [9.17, 15) is 4.79 Å². The van der Waals surface area contributed by atoms with E-state index in [1.165, 1.54) is 38.5 Å². The molecule has 1 atom stereocenters. The van der Waals surface area contributed by atoms with Crippen LogP contribution in [0.5, 0.6) is 11.5 Å². The van der Waals surface area contributed by atoms with Crippen molar-refractivity contribution in [2.24, 2.45) is 23.2 Å². The molecule has 1 aromatic carbocycles. The summed E-state index contributed by atoms with van der Waals surface area (Å²) in [7, 11) is 0. The number of carbonyl (C=O) groups excluding carboxylic acids is 1. The van der Waals surface area contributed by atoms with Crippen molar-refractivity contribution in [1.29, 1.82) is 0 Å². The third kappa shape index (κ3) is 3.10. The second-order valence-electron chi connectivity index (χ2n) is 9.31. The Bertz CT molecular complexity index is 727. The molecule has 4 nitrogen and oxygen atoms in total. The first-order chi connectivity index (χ1) is 13.0. The second-order valence-corrected chi connectivity index (χ2v) is 9.72. The summed E-state index contributed by atoms with van der Waals surface area (Å²) in [4.78, 5) is 13.0. The Morgan fingerprint density at radius 3 is 2.41 bits per heavy atom. The van der Waals surface area contributed by atoms with E-state index in [1.54, 1.807) is 12.1 Å². The van der Waals surface area contributed by atoms with Crippen molar-refractivity contribution in [2.45, 2.75) is 57.9 Å². The number of carbonyl (C=O) groups is 1. The molecule has 4 bridgehead atoms. The molecule has 0 unspecified atom stereocenters. The highest BCUT2D eigenvalue weighted by molar-refractivity contribution is 6.32. The molecule has 1 heterocycles. The molecule has 1 aliphatic heterocycles. The molecule has 0 radical (unpaired) electrons. The summed E-state index contributed by atoms with van der Waals surface area (Å²) < 4.78 is 11.4. The average Bonchev–Trinajstić information content (AvgIpc) is 2.86. The lowest BCUT2D eigenvalue weighted by Gasteiger charge is -2.59. The lowest BCUT2D eigenvalue weighted by molar-refractivity contribution is -0.0688. The topological polar surface area (TPSA) is 47.6 Å².